The number of aliphatic hydroxyl groups excluding tert-OH is 1. The first-order chi connectivity index (χ1) is 5.88. The van der Waals surface area contributed by atoms with E-state index < -0.39 is 0 Å². The van der Waals surface area contributed by atoms with Gasteiger partial charge >= 0.3 is 0 Å². The van der Waals surface area contributed by atoms with E-state index in [4.69, 9.17) is 5.11 Å². The second-order valence-electron chi connectivity index (χ2n) is 5.02. The van der Waals surface area contributed by atoms with Crippen molar-refractivity contribution in [3.05, 3.63) is 0 Å². The zero-order valence-corrected chi connectivity index (χ0v) is 9.72. The van der Waals surface area contributed by atoms with E-state index >= 15 is 0 Å². The molecule has 0 aliphatic carbocycles. The van der Waals surface area contributed by atoms with Crippen molar-refractivity contribution in [2.75, 3.05) is 6.61 Å². The highest BCUT2D eigenvalue weighted by atomic mass is 16.2. The summed E-state index contributed by atoms with van der Waals surface area (Å²) in [5.74, 6) is 0. The Morgan fingerprint density at radius 2 is 1.77 bits per heavy atom. The predicted molar refractivity (Wildman–Crippen MR) is 57.8 cm³/mol. The Labute approximate surface area is 82.7 Å². The Hall–Kier alpha value is -0.0800. The first-order valence-electron chi connectivity index (χ1n) is 5.25. The maximum absolute atomic E-state index is 8.68. The first-order valence-corrected chi connectivity index (χ1v) is 5.25. The summed E-state index contributed by atoms with van der Waals surface area (Å²) in [7, 11) is 0. The number of rotatable bonds is 5. The standard InChI is InChI=1S/C11H25NO/c1-9(7-6-8-13)12-10(2)11(3,4)5/h9-10,12-13H,6-8H2,1-5H3. The van der Waals surface area contributed by atoms with E-state index in [1.165, 1.54) is 0 Å². The van der Waals surface area contributed by atoms with Crippen LogP contribution in [0.2, 0.25) is 0 Å². The van der Waals surface area contributed by atoms with Crippen LogP contribution in [0.5, 0.6) is 0 Å². The molecule has 0 radical (unpaired) electrons. The lowest BCUT2D eigenvalue weighted by Gasteiger charge is -2.31. The minimum atomic E-state index is 0.302. The van der Waals surface area contributed by atoms with Crippen molar-refractivity contribution in [3.8, 4) is 0 Å². The van der Waals surface area contributed by atoms with Gasteiger partial charge < -0.3 is 10.4 Å². The molecule has 0 bridgehead atoms. The largest absolute Gasteiger partial charge is 0.396 e. The van der Waals surface area contributed by atoms with Crippen molar-refractivity contribution in [1.82, 2.24) is 5.32 Å². The summed E-state index contributed by atoms with van der Waals surface area (Å²) < 4.78 is 0. The molecule has 13 heavy (non-hydrogen) atoms. The van der Waals surface area contributed by atoms with Crippen molar-refractivity contribution in [3.63, 3.8) is 0 Å². The molecule has 2 unspecified atom stereocenters. The second kappa shape index (κ2) is 5.61. The lowest BCUT2D eigenvalue weighted by Crippen LogP contribution is -2.42. The van der Waals surface area contributed by atoms with E-state index in [1.807, 2.05) is 0 Å². The molecule has 0 saturated carbocycles. The Bertz CT molecular complexity index is 129. The molecule has 0 rings (SSSR count). The molecular formula is C11H25NO. The number of hydrogen-bond acceptors (Lipinski definition) is 2. The van der Waals surface area contributed by atoms with Crippen LogP contribution in [-0.4, -0.2) is 23.8 Å². The summed E-state index contributed by atoms with van der Waals surface area (Å²) in [5, 5.41) is 12.2. The molecule has 80 valence electrons. The summed E-state index contributed by atoms with van der Waals surface area (Å²) in [5.41, 5.74) is 0.313. The van der Waals surface area contributed by atoms with Crippen LogP contribution >= 0.6 is 0 Å². The van der Waals surface area contributed by atoms with E-state index in [0.717, 1.165) is 12.8 Å². The topological polar surface area (TPSA) is 32.3 Å². The lowest BCUT2D eigenvalue weighted by atomic mass is 9.87. The summed E-state index contributed by atoms with van der Waals surface area (Å²) in [6.07, 6.45) is 1.95. The molecule has 2 heteroatoms. The normalized spacial score (nSPS) is 17.1. The highest BCUT2D eigenvalue weighted by molar-refractivity contribution is 4.78. The average Bonchev–Trinajstić information content (AvgIpc) is 1.99. The number of nitrogens with one attached hydrogen (secondary N) is 1. The highest BCUT2D eigenvalue weighted by Crippen LogP contribution is 2.19. The molecule has 2 atom stereocenters. The van der Waals surface area contributed by atoms with Gasteiger partial charge in [0, 0.05) is 18.7 Å². The van der Waals surface area contributed by atoms with Crippen molar-refractivity contribution in [2.24, 2.45) is 5.41 Å². The van der Waals surface area contributed by atoms with E-state index in [-0.39, 0.29) is 0 Å². The Morgan fingerprint density at radius 3 is 2.15 bits per heavy atom. The van der Waals surface area contributed by atoms with Crippen LogP contribution in [0, 0.1) is 5.41 Å². The van der Waals surface area contributed by atoms with Gasteiger partial charge in [-0.15, -0.1) is 0 Å². The van der Waals surface area contributed by atoms with E-state index in [0.29, 0.717) is 24.1 Å². The van der Waals surface area contributed by atoms with Gasteiger partial charge in [-0.1, -0.05) is 20.8 Å². The SMILES string of the molecule is CC(CCCO)NC(C)C(C)(C)C. The van der Waals surface area contributed by atoms with Gasteiger partial charge in [-0.3, -0.25) is 0 Å². The van der Waals surface area contributed by atoms with E-state index in [1.54, 1.807) is 0 Å². The van der Waals surface area contributed by atoms with Gasteiger partial charge in [-0.2, -0.15) is 0 Å². The van der Waals surface area contributed by atoms with Crippen LogP contribution in [-0.2, 0) is 0 Å². The number of aliphatic hydroxyl groups is 1. The molecule has 0 saturated heterocycles. The molecule has 0 aromatic carbocycles. The third-order valence-electron chi connectivity index (χ3n) is 2.63. The fourth-order valence-corrected chi connectivity index (χ4v) is 1.16. The smallest absolute Gasteiger partial charge is 0.0431 e. The first kappa shape index (κ1) is 12.9. The molecule has 0 fully saturated rings. The van der Waals surface area contributed by atoms with Gasteiger partial charge in [-0.25, -0.2) is 0 Å². The third kappa shape index (κ3) is 6.05. The van der Waals surface area contributed by atoms with Crippen LogP contribution in [0.15, 0.2) is 0 Å². The van der Waals surface area contributed by atoms with Crippen LogP contribution in [0.1, 0.15) is 47.5 Å². The molecule has 0 heterocycles. The van der Waals surface area contributed by atoms with Gasteiger partial charge in [0.1, 0.15) is 0 Å². The molecule has 0 aromatic heterocycles. The minimum absolute atomic E-state index is 0.302. The van der Waals surface area contributed by atoms with Crippen LogP contribution in [0.25, 0.3) is 0 Å². The molecule has 0 aromatic rings. The summed E-state index contributed by atoms with van der Waals surface area (Å²) in [4.78, 5) is 0. The third-order valence-corrected chi connectivity index (χ3v) is 2.63. The summed E-state index contributed by atoms with van der Waals surface area (Å²) in [6.45, 7) is 11.4. The van der Waals surface area contributed by atoms with Crippen molar-refractivity contribution in [2.45, 2.75) is 59.5 Å². The van der Waals surface area contributed by atoms with Gasteiger partial charge in [0.2, 0.25) is 0 Å². The lowest BCUT2D eigenvalue weighted by molar-refractivity contribution is 0.244. The fourth-order valence-electron chi connectivity index (χ4n) is 1.16. The Morgan fingerprint density at radius 1 is 1.23 bits per heavy atom. The minimum Gasteiger partial charge on any atom is -0.396 e. The average molecular weight is 187 g/mol. The molecule has 0 aliphatic rings. The highest BCUT2D eigenvalue weighted by Gasteiger charge is 2.20. The maximum atomic E-state index is 8.68. The molecule has 0 spiro atoms. The van der Waals surface area contributed by atoms with Gasteiger partial charge in [0.25, 0.3) is 0 Å². The Kier molecular flexibility index (Phi) is 5.57. The summed E-state index contributed by atoms with van der Waals surface area (Å²) in [6, 6.07) is 1.02. The molecule has 0 aliphatic heterocycles. The fraction of sp³-hybridized carbons (Fsp3) is 1.00. The molecule has 2 N–H and O–H groups in total. The maximum Gasteiger partial charge on any atom is 0.0431 e. The van der Waals surface area contributed by atoms with Gasteiger partial charge in [0.05, 0.1) is 0 Å². The zero-order valence-electron chi connectivity index (χ0n) is 9.72. The second-order valence-corrected chi connectivity index (χ2v) is 5.02. The molecule has 2 nitrogen and oxygen atoms in total. The van der Waals surface area contributed by atoms with E-state index in [2.05, 4.69) is 39.9 Å². The van der Waals surface area contributed by atoms with Crippen LogP contribution in [0.3, 0.4) is 0 Å². The predicted octanol–water partition coefficient (Wildman–Crippen LogP) is 2.17. The van der Waals surface area contributed by atoms with Gasteiger partial charge in [0.15, 0.2) is 0 Å². The number of hydrogen-bond donors (Lipinski definition) is 2. The molecular weight excluding hydrogens is 162 g/mol. The molecule has 0 amide bonds. The van der Waals surface area contributed by atoms with E-state index in [9.17, 15) is 0 Å². The summed E-state index contributed by atoms with van der Waals surface area (Å²) >= 11 is 0. The van der Waals surface area contributed by atoms with Gasteiger partial charge in [-0.05, 0) is 32.1 Å². The van der Waals surface area contributed by atoms with Crippen LogP contribution < -0.4 is 5.32 Å². The van der Waals surface area contributed by atoms with Crippen molar-refractivity contribution >= 4 is 0 Å². The van der Waals surface area contributed by atoms with Crippen molar-refractivity contribution in [1.29, 1.82) is 0 Å². The Balaban J connectivity index is 3.71. The van der Waals surface area contributed by atoms with Crippen molar-refractivity contribution < 1.29 is 5.11 Å². The van der Waals surface area contributed by atoms with Crippen LogP contribution in [0.4, 0.5) is 0 Å². The monoisotopic (exact) mass is 187 g/mol. The zero-order chi connectivity index (χ0) is 10.5. The quantitative estimate of drug-likeness (QED) is 0.691.